The van der Waals surface area contributed by atoms with E-state index in [-0.39, 0.29) is 24.4 Å². The summed E-state index contributed by atoms with van der Waals surface area (Å²) in [7, 11) is 3.54. The monoisotopic (exact) mass is 537 g/mol. The second-order valence-electron chi connectivity index (χ2n) is 9.75. The molecule has 1 atom stereocenters. The Balaban J connectivity index is 1.63. The fourth-order valence-electron chi connectivity index (χ4n) is 5.18. The van der Waals surface area contributed by atoms with Gasteiger partial charge in [0.25, 0.3) is 0 Å². The van der Waals surface area contributed by atoms with Crippen molar-refractivity contribution >= 4 is 40.6 Å². The summed E-state index contributed by atoms with van der Waals surface area (Å²) in [4.78, 5) is 35.3. The molecule has 4 rings (SSSR count). The molecule has 2 aromatic rings. The van der Waals surface area contributed by atoms with E-state index >= 15 is 0 Å². The number of hydrogen-bond acceptors (Lipinski definition) is 5. The van der Waals surface area contributed by atoms with Crippen molar-refractivity contribution < 1.29 is 22.8 Å². The Morgan fingerprint density at radius 3 is 2.57 bits per heavy atom. The Labute approximate surface area is 219 Å². The van der Waals surface area contributed by atoms with E-state index in [0.717, 1.165) is 49.5 Å². The number of halogens is 4. The number of para-hydroxylation sites is 1. The Morgan fingerprint density at radius 1 is 1.19 bits per heavy atom. The van der Waals surface area contributed by atoms with Crippen molar-refractivity contribution in [2.45, 2.75) is 44.8 Å². The zero-order valence-electron chi connectivity index (χ0n) is 21.1. The van der Waals surface area contributed by atoms with Gasteiger partial charge in [-0.2, -0.15) is 13.2 Å². The predicted molar refractivity (Wildman–Crippen MR) is 138 cm³/mol. The van der Waals surface area contributed by atoms with E-state index in [1.165, 1.54) is 11.8 Å². The van der Waals surface area contributed by atoms with Gasteiger partial charge in [-0.25, -0.2) is 4.98 Å². The smallest absolute Gasteiger partial charge is 0.371 e. The van der Waals surface area contributed by atoms with Crippen LogP contribution >= 0.6 is 11.6 Å². The number of hydrogen-bond donors (Lipinski definition) is 1. The van der Waals surface area contributed by atoms with Crippen LogP contribution in [-0.2, 0) is 15.8 Å². The van der Waals surface area contributed by atoms with Gasteiger partial charge in [0.1, 0.15) is 11.9 Å². The molecule has 0 saturated carbocycles. The number of anilines is 3. The number of nitrogens with zero attached hydrogens (tertiary/aromatic N) is 4. The number of carbonyl (C=O) groups is 2. The number of nitrogens with one attached hydrogen (secondary N) is 1. The van der Waals surface area contributed by atoms with Gasteiger partial charge < -0.3 is 15.1 Å². The maximum Gasteiger partial charge on any atom is 0.416 e. The zero-order valence-corrected chi connectivity index (χ0v) is 21.9. The van der Waals surface area contributed by atoms with Crippen LogP contribution in [0, 0.1) is 12.8 Å². The molecule has 7 nitrogen and oxygen atoms in total. The molecule has 200 valence electrons. The van der Waals surface area contributed by atoms with Crippen LogP contribution in [0.15, 0.2) is 30.3 Å². The summed E-state index contributed by atoms with van der Waals surface area (Å²) in [6.07, 6.45) is -2.29. The number of rotatable bonds is 6. The van der Waals surface area contributed by atoms with Crippen LogP contribution in [0.1, 0.15) is 36.9 Å². The van der Waals surface area contributed by atoms with Gasteiger partial charge in [-0.15, -0.1) is 0 Å². The van der Waals surface area contributed by atoms with Gasteiger partial charge in [0.05, 0.1) is 22.0 Å². The first-order valence-electron chi connectivity index (χ1n) is 12.3. The number of alkyl halides is 3. The van der Waals surface area contributed by atoms with Gasteiger partial charge in [-0.05, 0) is 69.5 Å². The third-order valence-electron chi connectivity index (χ3n) is 7.04. The highest BCUT2D eigenvalue weighted by atomic mass is 35.5. The molecule has 0 unspecified atom stereocenters. The number of carbonyl (C=O) groups excluding carboxylic acids is 2. The highest BCUT2D eigenvalue weighted by Gasteiger charge is 2.41. The van der Waals surface area contributed by atoms with Crippen molar-refractivity contribution in [1.29, 1.82) is 0 Å². The summed E-state index contributed by atoms with van der Waals surface area (Å²) in [6, 6.07) is 6.06. The lowest BCUT2D eigenvalue weighted by Crippen LogP contribution is -2.46. The van der Waals surface area contributed by atoms with Crippen LogP contribution in [0.4, 0.5) is 30.4 Å². The number of likely N-dealkylation sites (N-methyl/N-ethyl adjacent to an activating group) is 1. The molecule has 11 heteroatoms. The molecule has 2 aliphatic heterocycles. The van der Waals surface area contributed by atoms with Crippen molar-refractivity contribution in [1.82, 2.24) is 10.3 Å². The van der Waals surface area contributed by atoms with Crippen LogP contribution in [0.5, 0.6) is 0 Å². The first-order chi connectivity index (χ1) is 17.5. The third-order valence-corrected chi connectivity index (χ3v) is 7.35. The second-order valence-corrected chi connectivity index (χ2v) is 10.2. The summed E-state index contributed by atoms with van der Waals surface area (Å²) in [6.45, 7) is 4.11. The molecule has 1 N–H and O–H groups in total. The van der Waals surface area contributed by atoms with Gasteiger partial charge in [0, 0.05) is 32.8 Å². The van der Waals surface area contributed by atoms with Crippen LogP contribution in [0.25, 0.3) is 0 Å². The van der Waals surface area contributed by atoms with Gasteiger partial charge in [0.15, 0.2) is 0 Å². The van der Waals surface area contributed by atoms with Gasteiger partial charge >= 0.3 is 6.18 Å². The van der Waals surface area contributed by atoms with Crippen molar-refractivity contribution in [3.8, 4) is 0 Å². The molecule has 3 heterocycles. The van der Waals surface area contributed by atoms with Crippen LogP contribution in [0.2, 0.25) is 5.02 Å². The number of amides is 2. The summed E-state index contributed by atoms with van der Waals surface area (Å²) < 4.78 is 40.3. The molecule has 2 saturated heterocycles. The highest BCUT2D eigenvalue weighted by molar-refractivity contribution is 6.34. The largest absolute Gasteiger partial charge is 0.416 e. The molecule has 37 heavy (non-hydrogen) atoms. The van der Waals surface area contributed by atoms with Crippen molar-refractivity contribution in [2.75, 3.05) is 48.4 Å². The molecule has 2 fully saturated rings. The normalized spacial score (nSPS) is 18.8. The molecule has 0 radical (unpaired) electrons. The Morgan fingerprint density at radius 2 is 1.89 bits per heavy atom. The molecule has 1 aromatic carbocycles. The standard InChI is InChI=1S/C26H31ClF3N5O2/c1-16-13-18(26(28,29)30)14-22(32-16)35-21(7-8-23(35)36)25(37)34(3)20-6-4-5-19(27)24(20)33(2)15-17-9-11-31-12-10-17/h4-6,13-14,17,21,31H,7-12,15H2,1-3H3/t21-/m0/s1. The maximum atomic E-state index is 13.7. The first-order valence-corrected chi connectivity index (χ1v) is 12.7. The first kappa shape index (κ1) is 27.2. The summed E-state index contributed by atoms with van der Waals surface area (Å²) in [5, 5.41) is 3.84. The topological polar surface area (TPSA) is 68.8 Å². The quantitative estimate of drug-likeness (QED) is 0.581. The van der Waals surface area contributed by atoms with Crippen molar-refractivity contribution in [2.24, 2.45) is 5.92 Å². The van der Waals surface area contributed by atoms with E-state index < -0.39 is 29.6 Å². The van der Waals surface area contributed by atoms with E-state index in [9.17, 15) is 22.8 Å². The van der Waals surface area contributed by atoms with Crippen LogP contribution in [-0.4, -0.2) is 56.6 Å². The summed E-state index contributed by atoms with van der Waals surface area (Å²) in [5.74, 6) is -0.542. The van der Waals surface area contributed by atoms with Crippen molar-refractivity contribution in [3.63, 3.8) is 0 Å². The minimum Gasteiger partial charge on any atom is -0.371 e. The molecule has 0 aliphatic carbocycles. The predicted octanol–water partition coefficient (Wildman–Crippen LogP) is 4.66. The van der Waals surface area contributed by atoms with Gasteiger partial charge in [-0.1, -0.05) is 17.7 Å². The molecule has 0 spiro atoms. The van der Waals surface area contributed by atoms with Crippen LogP contribution < -0.4 is 20.0 Å². The zero-order chi connectivity index (χ0) is 26.9. The fraction of sp³-hybridized carbons (Fsp3) is 0.500. The van der Waals surface area contributed by atoms with E-state index in [1.54, 1.807) is 25.2 Å². The van der Waals surface area contributed by atoms with Crippen molar-refractivity contribution in [3.05, 3.63) is 46.6 Å². The fourth-order valence-corrected chi connectivity index (χ4v) is 5.49. The second kappa shape index (κ2) is 10.9. The minimum absolute atomic E-state index is 0.0409. The minimum atomic E-state index is -4.60. The molecule has 1 aromatic heterocycles. The number of benzene rings is 1. The van der Waals surface area contributed by atoms with E-state index in [2.05, 4.69) is 10.3 Å². The highest BCUT2D eigenvalue weighted by Crippen LogP contribution is 2.38. The summed E-state index contributed by atoms with van der Waals surface area (Å²) >= 11 is 6.60. The van der Waals surface area contributed by atoms with Gasteiger partial charge in [0.2, 0.25) is 11.8 Å². The molecular weight excluding hydrogens is 507 g/mol. The van der Waals surface area contributed by atoms with Crippen LogP contribution in [0.3, 0.4) is 0 Å². The maximum absolute atomic E-state index is 13.7. The SMILES string of the molecule is Cc1cc(C(F)(F)F)cc(N2C(=O)CC[C@H]2C(=O)N(C)c2cccc(Cl)c2N(C)CC2CCNCC2)n1. The number of aromatic nitrogens is 1. The average Bonchev–Trinajstić information content (AvgIpc) is 3.23. The third kappa shape index (κ3) is 5.85. The Hall–Kier alpha value is -2.85. The summed E-state index contributed by atoms with van der Waals surface area (Å²) in [5.41, 5.74) is 0.468. The lowest BCUT2D eigenvalue weighted by Gasteiger charge is -2.33. The lowest BCUT2D eigenvalue weighted by molar-refractivity contribution is -0.137. The van der Waals surface area contributed by atoms with Gasteiger partial charge in [-0.3, -0.25) is 14.5 Å². The Kier molecular flexibility index (Phi) is 7.99. The molecule has 2 amide bonds. The molecule has 0 bridgehead atoms. The van der Waals surface area contributed by atoms with E-state index in [4.69, 9.17) is 11.6 Å². The number of pyridine rings is 1. The number of aryl methyl sites for hydroxylation is 1. The number of piperidine rings is 1. The molecule has 2 aliphatic rings. The lowest BCUT2D eigenvalue weighted by atomic mass is 9.97. The average molecular weight is 538 g/mol. The molecular formula is C26H31ClF3N5O2. The van der Waals surface area contributed by atoms with E-state index in [0.29, 0.717) is 22.3 Å². The Bertz CT molecular complexity index is 1170. The van der Waals surface area contributed by atoms with E-state index in [1.807, 2.05) is 11.9 Å².